The molecule has 96 valence electrons. The van der Waals surface area contributed by atoms with Gasteiger partial charge in [-0.25, -0.2) is 0 Å². The van der Waals surface area contributed by atoms with E-state index in [-0.39, 0.29) is 33.9 Å². The van der Waals surface area contributed by atoms with Crippen molar-refractivity contribution >= 4 is 34.9 Å². The summed E-state index contributed by atoms with van der Waals surface area (Å²) in [6, 6.07) is 10.2. The number of allylic oxidation sites excluding steroid dienone is 1. The van der Waals surface area contributed by atoms with Crippen molar-refractivity contribution in [2.75, 3.05) is 0 Å². The molecular weight excluding hydrogens is 244 g/mol. The highest BCUT2D eigenvalue weighted by Gasteiger charge is 2.63. The number of fused-ring (bicyclic) bond motifs is 2. The standard InChI is InChI=1S/C17H20O.Mg/c1-16(2)14-9-10-17(16,3)15(18)13(14)11-12-7-5-4-6-8-12;/h4-8,11,14H,9-10H2,1-3H3;. The van der Waals surface area contributed by atoms with Crippen LogP contribution < -0.4 is 0 Å². The molecule has 2 saturated carbocycles. The number of Topliss-reactive ketones (excluding diaryl/α,β-unsaturated/α-hetero) is 1. The molecule has 2 aliphatic carbocycles. The smallest absolute Gasteiger partial charge is 0.165 e. The Morgan fingerprint density at radius 1 is 1.16 bits per heavy atom. The monoisotopic (exact) mass is 264 g/mol. The van der Waals surface area contributed by atoms with Crippen molar-refractivity contribution in [2.45, 2.75) is 33.6 Å². The highest BCUT2D eigenvalue weighted by Crippen LogP contribution is 2.65. The predicted octanol–water partition coefficient (Wildman–Crippen LogP) is 3.71. The molecule has 2 unspecified atom stereocenters. The summed E-state index contributed by atoms with van der Waals surface area (Å²) in [6.45, 7) is 6.67. The molecule has 2 fully saturated rings. The van der Waals surface area contributed by atoms with Gasteiger partial charge in [-0.3, -0.25) is 4.79 Å². The van der Waals surface area contributed by atoms with Crippen molar-refractivity contribution in [3.63, 3.8) is 0 Å². The number of hydrogen-bond donors (Lipinski definition) is 0. The van der Waals surface area contributed by atoms with Crippen molar-refractivity contribution in [2.24, 2.45) is 16.7 Å². The zero-order valence-electron chi connectivity index (χ0n) is 12.1. The summed E-state index contributed by atoms with van der Waals surface area (Å²) in [4.78, 5) is 12.6. The largest absolute Gasteiger partial charge is 0.294 e. The van der Waals surface area contributed by atoms with Gasteiger partial charge in [-0.15, -0.1) is 0 Å². The van der Waals surface area contributed by atoms with E-state index >= 15 is 0 Å². The summed E-state index contributed by atoms with van der Waals surface area (Å²) in [5, 5.41) is 0. The van der Waals surface area contributed by atoms with Crippen LogP contribution in [0.1, 0.15) is 39.2 Å². The second-order valence-corrected chi connectivity index (χ2v) is 6.48. The predicted molar refractivity (Wildman–Crippen MR) is 79.8 cm³/mol. The van der Waals surface area contributed by atoms with Gasteiger partial charge in [-0.05, 0) is 41.4 Å². The third-order valence-corrected chi connectivity index (χ3v) is 5.49. The molecule has 0 amide bonds. The third-order valence-electron chi connectivity index (χ3n) is 5.49. The van der Waals surface area contributed by atoms with Crippen molar-refractivity contribution < 1.29 is 4.79 Å². The van der Waals surface area contributed by atoms with Crippen LogP contribution in [0.15, 0.2) is 35.9 Å². The van der Waals surface area contributed by atoms with Gasteiger partial charge in [-0.2, -0.15) is 0 Å². The van der Waals surface area contributed by atoms with Crippen LogP contribution in [0.3, 0.4) is 0 Å². The van der Waals surface area contributed by atoms with Crippen LogP contribution in [-0.4, -0.2) is 28.8 Å². The molecule has 2 aliphatic rings. The first-order valence-corrected chi connectivity index (χ1v) is 6.78. The lowest BCUT2D eigenvalue weighted by molar-refractivity contribution is -0.125. The van der Waals surface area contributed by atoms with E-state index in [4.69, 9.17) is 0 Å². The first-order valence-electron chi connectivity index (χ1n) is 6.78. The van der Waals surface area contributed by atoms with Crippen LogP contribution in [0.2, 0.25) is 0 Å². The summed E-state index contributed by atoms with van der Waals surface area (Å²) >= 11 is 0. The van der Waals surface area contributed by atoms with Crippen LogP contribution in [0.4, 0.5) is 0 Å². The Balaban J connectivity index is 0.00000133. The normalized spacial score (nSPS) is 33.5. The average Bonchev–Trinajstić information content (AvgIpc) is 2.65. The summed E-state index contributed by atoms with van der Waals surface area (Å²) in [5.41, 5.74) is 2.18. The van der Waals surface area contributed by atoms with Crippen LogP contribution in [0.25, 0.3) is 6.08 Å². The molecule has 2 radical (unpaired) electrons. The lowest BCUT2D eigenvalue weighted by atomic mass is 9.70. The van der Waals surface area contributed by atoms with Crippen LogP contribution in [-0.2, 0) is 4.79 Å². The van der Waals surface area contributed by atoms with Crippen molar-refractivity contribution in [3.8, 4) is 0 Å². The van der Waals surface area contributed by atoms with E-state index in [0.717, 1.165) is 24.0 Å². The fourth-order valence-corrected chi connectivity index (χ4v) is 3.82. The van der Waals surface area contributed by atoms with Crippen LogP contribution >= 0.6 is 0 Å². The van der Waals surface area contributed by atoms with Gasteiger partial charge in [0, 0.05) is 28.5 Å². The summed E-state index contributed by atoms with van der Waals surface area (Å²) in [5.74, 6) is 0.822. The fourth-order valence-electron chi connectivity index (χ4n) is 3.82. The summed E-state index contributed by atoms with van der Waals surface area (Å²) in [6.07, 6.45) is 4.32. The maximum Gasteiger partial charge on any atom is 0.165 e. The van der Waals surface area contributed by atoms with Gasteiger partial charge >= 0.3 is 0 Å². The minimum absolute atomic E-state index is 0. The SMILES string of the molecule is CC12CCC(C(=Cc3ccccc3)C1=O)C2(C)C.[Mg]. The molecule has 0 N–H and O–H groups in total. The van der Waals surface area contributed by atoms with Gasteiger partial charge in [0.1, 0.15) is 0 Å². The molecule has 1 aromatic carbocycles. The Bertz CT molecular complexity index is 529. The zero-order chi connectivity index (χ0) is 13.0. The van der Waals surface area contributed by atoms with E-state index in [1.54, 1.807) is 0 Å². The minimum Gasteiger partial charge on any atom is -0.294 e. The molecule has 0 spiro atoms. The Kier molecular flexibility index (Phi) is 3.70. The lowest BCUT2D eigenvalue weighted by Crippen LogP contribution is -2.32. The molecule has 0 aromatic heterocycles. The van der Waals surface area contributed by atoms with Gasteiger partial charge in [0.05, 0.1) is 0 Å². The highest BCUT2D eigenvalue weighted by molar-refractivity contribution is 6.07. The number of carbonyl (C=O) groups is 1. The number of carbonyl (C=O) groups excluding carboxylic acids is 1. The van der Waals surface area contributed by atoms with Gasteiger partial charge in [0.25, 0.3) is 0 Å². The summed E-state index contributed by atoms with van der Waals surface area (Å²) < 4.78 is 0. The number of hydrogen-bond acceptors (Lipinski definition) is 1. The van der Waals surface area contributed by atoms with E-state index in [9.17, 15) is 4.79 Å². The van der Waals surface area contributed by atoms with Gasteiger partial charge in [-0.1, -0.05) is 51.1 Å². The lowest BCUT2D eigenvalue weighted by Gasteiger charge is -2.31. The molecule has 2 atom stereocenters. The third kappa shape index (κ3) is 1.92. The maximum atomic E-state index is 12.6. The van der Waals surface area contributed by atoms with E-state index < -0.39 is 0 Å². The Hall–Kier alpha value is -0.604. The Morgan fingerprint density at radius 2 is 1.79 bits per heavy atom. The Morgan fingerprint density at radius 3 is 2.32 bits per heavy atom. The van der Waals surface area contributed by atoms with E-state index in [0.29, 0.717) is 11.7 Å². The van der Waals surface area contributed by atoms with Crippen LogP contribution in [0.5, 0.6) is 0 Å². The topological polar surface area (TPSA) is 17.1 Å². The first kappa shape index (κ1) is 14.8. The van der Waals surface area contributed by atoms with E-state index in [2.05, 4.69) is 39.0 Å². The molecule has 1 aromatic rings. The molecule has 0 aliphatic heterocycles. The molecule has 1 nitrogen and oxygen atoms in total. The molecular formula is C17H20MgO. The van der Waals surface area contributed by atoms with Crippen molar-refractivity contribution in [3.05, 3.63) is 41.5 Å². The maximum absolute atomic E-state index is 12.6. The van der Waals surface area contributed by atoms with Crippen molar-refractivity contribution in [1.82, 2.24) is 0 Å². The molecule has 2 bridgehead atoms. The zero-order valence-corrected chi connectivity index (χ0v) is 13.5. The Labute approximate surface area is 131 Å². The van der Waals surface area contributed by atoms with E-state index in [1.165, 1.54) is 0 Å². The molecule has 0 heterocycles. The number of rotatable bonds is 1. The van der Waals surface area contributed by atoms with Crippen LogP contribution in [0, 0.1) is 16.7 Å². The van der Waals surface area contributed by atoms with Gasteiger partial charge < -0.3 is 0 Å². The highest BCUT2D eigenvalue weighted by atomic mass is 24.3. The fraction of sp³-hybridized carbons (Fsp3) is 0.471. The molecule has 3 rings (SSSR count). The summed E-state index contributed by atoms with van der Waals surface area (Å²) in [7, 11) is 0. The van der Waals surface area contributed by atoms with Crippen molar-refractivity contribution in [1.29, 1.82) is 0 Å². The average molecular weight is 265 g/mol. The van der Waals surface area contributed by atoms with Gasteiger partial charge in [0.15, 0.2) is 5.78 Å². The minimum atomic E-state index is -0.141. The molecule has 2 heteroatoms. The molecule has 0 saturated heterocycles. The number of ketones is 1. The van der Waals surface area contributed by atoms with E-state index in [1.807, 2.05) is 18.2 Å². The van der Waals surface area contributed by atoms with Gasteiger partial charge in [0.2, 0.25) is 0 Å². The number of benzene rings is 1. The second kappa shape index (κ2) is 4.74. The molecule has 19 heavy (non-hydrogen) atoms. The quantitative estimate of drug-likeness (QED) is 0.558. The first-order chi connectivity index (χ1) is 8.47. The second-order valence-electron chi connectivity index (χ2n) is 6.48.